The number of allylic oxidation sites excluding steroid dienone is 5. The van der Waals surface area contributed by atoms with Gasteiger partial charge in [-0.2, -0.15) is 30.4 Å². The smallest absolute Gasteiger partial charge is 0.106 e. The summed E-state index contributed by atoms with van der Waals surface area (Å²) in [5.74, 6) is 0. The molecule has 0 aromatic carbocycles. The molecule has 1 rings (SSSR count). The molecule has 0 amide bonds. The zero-order valence-electron chi connectivity index (χ0n) is 7.87. The monoisotopic (exact) mass is 236 g/mol. The van der Waals surface area contributed by atoms with Gasteiger partial charge in [0.2, 0.25) is 0 Å². The summed E-state index contributed by atoms with van der Waals surface area (Å²) in [5, 5.41) is 0. The minimum Gasteiger partial charge on any atom is -0.307 e. The van der Waals surface area contributed by atoms with Gasteiger partial charge in [-0.3, -0.25) is 0 Å². The molecule has 1 aliphatic carbocycles. The van der Waals surface area contributed by atoms with Crippen molar-refractivity contribution >= 4 is 20.4 Å². The van der Waals surface area contributed by atoms with Crippen LogP contribution in [-0.4, -0.2) is 20.4 Å². The Morgan fingerprint density at radius 1 is 1.14 bits per heavy atom. The van der Waals surface area contributed by atoms with Crippen LogP contribution < -0.4 is 0 Å². The molecular weight excluding hydrogens is 223 g/mol. The van der Waals surface area contributed by atoms with Gasteiger partial charge in [-0.05, 0) is 0 Å². The van der Waals surface area contributed by atoms with Gasteiger partial charge in [0.15, 0.2) is 0 Å². The molecule has 79 valence electrons. The average molecular weight is 236 g/mol. The number of hydrogen-bond donors (Lipinski definition) is 0. The molecule has 0 bridgehead atoms. The summed E-state index contributed by atoms with van der Waals surface area (Å²) in [7, 11) is 0. The molecule has 0 heterocycles. The predicted molar refractivity (Wildman–Crippen MR) is 52.1 cm³/mol. The van der Waals surface area contributed by atoms with Crippen molar-refractivity contribution in [1.82, 2.24) is 0 Å². The van der Waals surface area contributed by atoms with Crippen molar-refractivity contribution in [3.8, 4) is 0 Å². The van der Waals surface area contributed by atoms with Crippen molar-refractivity contribution in [1.29, 1.82) is 0 Å². The Kier molecular flexibility index (Phi) is 48.9. The third-order valence-electron chi connectivity index (χ3n) is 0.941. The van der Waals surface area contributed by atoms with E-state index in [9.17, 15) is 0 Å². The Morgan fingerprint density at radius 3 is 1.71 bits per heavy atom. The normalized spacial score (nSPS) is 9.29. The molecule has 4 heteroatoms. The van der Waals surface area contributed by atoms with Crippen LogP contribution >= 0.6 is 0 Å². The molecule has 0 aromatic heterocycles. The first kappa shape index (κ1) is 23.0. The molecule has 0 fully saturated rings. The van der Waals surface area contributed by atoms with E-state index in [0.29, 0.717) is 0 Å². The van der Waals surface area contributed by atoms with E-state index in [-0.39, 0.29) is 17.1 Å². The van der Waals surface area contributed by atoms with E-state index >= 15 is 0 Å². The van der Waals surface area contributed by atoms with Gasteiger partial charge in [0.1, 0.15) is 20.4 Å². The fraction of sp³-hybridized carbons (Fsp3) is 0.100. The number of carbonyl (C=O) groups is 3. The van der Waals surface area contributed by atoms with Crippen molar-refractivity contribution in [3.63, 3.8) is 0 Å². The van der Waals surface area contributed by atoms with Crippen LogP contribution in [0.15, 0.2) is 30.4 Å². The van der Waals surface area contributed by atoms with E-state index in [2.05, 4.69) is 18.7 Å². The van der Waals surface area contributed by atoms with Crippen molar-refractivity contribution in [2.45, 2.75) is 6.42 Å². The molecule has 0 aromatic rings. The first-order valence-electron chi connectivity index (χ1n) is 3.20. The van der Waals surface area contributed by atoms with Gasteiger partial charge < -0.3 is 14.4 Å². The van der Waals surface area contributed by atoms with Gasteiger partial charge in [0.05, 0.1) is 0 Å². The van der Waals surface area contributed by atoms with E-state index < -0.39 is 0 Å². The second-order valence-electron chi connectivity index (χ2n) is 1.44. The second-order valence-corrected chi connectivity index (χ2v) is 1.44. The van der Waals surface area contributed by atoms with Crippen LogP contribution in [0.1, 0.15) is 6.42 Å². The Labute approximate surface area is 95.0 Å². The summed E-state index contributed by atoms with van der Waals surface area (Å²) in [6, 6.07) is 0. The van der Waals surface area contributed by atoms with Crippen LogP contribution in [0.3, 0.4) is 0 Å². The molecule has 0 aliphatic heterocycles. The van der Waals surface area contributed by atoms with E-state index in [1.807, 2.05) is 32.5 Å². The number of hydrogen-bond acceptors (Lipinski definition) is 3. The average Bonchev–Trinajstić information content (AvgIpc) is 2.79. The summed E-state index contributed by atoms with van der Waals surface area (Å²) < 4.78 is 0. The SMILES string of the molecule is C=CC1=[C-]CC=C1.C=O.C=O.C=O.[Mn]. The van der Waals surface area contributed by atoms with Crippen molar-refractivity contribution < 1.29 is 31.5 Å². The first-order chi connectivity index (χ1) is 6.43. The third-order valence-corrected chi connectivity index (χ3v) is 0.941. The Hall–Kier alpha value is -1.25. The van der Waals surface area contributed by atoms with Crippen LogP contribution in [0, 0.1) is 6.08 Å². The molecule has 1 aliphatic rings. The maximum absolute atomic E-state index is 8.00. The topological polar surface area (TPSA) is 51.2 Å². The minimum atomic E-state index is 0. The van der Waals surface area contributed by atoms with Gasteiger partial charge in [-0.25, -0.2) is 0 Å². The molecule has 0 atom stereocenters. The summed E-state index contributed by atoms with van der Waals surface area (Å²) in [6.07, 6.45) is 9.95. The minimum absolute atomic E-state index is 0. The summed E-state index contributed by atoms with van der Waals surface area (Å²) in [5.41, 5.74) is 1.13. The fourth-order valence-electron chi connectivity index (χ4n) is 0.562. The van der Waals surface area contributed by atoms with E-state index in [0.717, 1.165) is 12.0 Å². The van der Waals surface area contributed by atoms with Gasteiger partial charge >= 0.3 is 0 Å². The predicted octanol–water partition coefficient (Wildman–Crippen LogP) is 1.30. The fourth-order valence-corrected chi connectivity index (χ4v) is 0.562. The first-order valence-corrected chi connectivity index (χ1v) is 3.20. The van der Waals surface area contributed by atoms with Crippen LogP contribution in [0.2, 0.25) is 0 Å². The standard InChI is InChI=1S/C7H7.3CH2O.Mn/c1-2-7-5-3-4-6-7;3*1-2;/h2-3,5H,1,4H2;3*1H2;/q-1;;;;. The van der Waals surface area contributed by atoms with Crippen molar-refractivity contribution in [2.75, 3.05) is 0 Å². The Bertz CT molecular complexity index is 171. The Morgan fingerprint density at radius 2 is 1.57 bits per heavy atom. The quantitative estimate of drug-likeness (QED) is 0.509. The largest absolute Gasteiger partial charge is 0.307 e. The van der Waals surface area contributed by atoms with Crippen molar-refractivity contribution in [3.05, 3.63) is 36.5 Å². The maximum Gasteiger partial charge on any atom is 0.106 e. The third kappa shape index (κ3) is 17.0. The van der Waals surface area contributed by atoms with Gasteiger partial charge in [0.25, 0.3) is 0 Å². The van der Waals surface area contributed by atoms with E-state index in [4.69, 9.17) is 14.4 Å². The molecular formula is C10H13MnO3-. The molecule has 0 unspecified atom stereocenters. The van der Waals surface area contributed by atoms with Gasteiger partial charge in [0, 0.05) is 17.1 Å². The van der Waals surface area contributed by atoms with Crippen molar-refractivity contribution in [2.24, 2.45) is 0 Å². The number of carbonyl (C=O) groups excluding carboxylic acids is 3. The molecule has 1 radical (unpaired) electrons. The molecule has 0 saturated carbocycles. The van der Waals surface area contributed by atoms with Crippen LogP contribution in [-0.2, 0) is 31.5 Å². The molecule has 0 N–H and O–H groups in total. The van der Waals surface area contributed by atoms with Crippen LogP contribution in [0.5, 0.6) is 0 Å². The molecule has 14 heavy (non-hydrogen) atoms. The maximum atomic E-state index is 8.00. The zero-order chi connectivity index (χ0) is 11.1. The Balaban J connectivity index is -0.0000000625. The summed E-state index contributed by atoms with van der Waals surface area (Å²) >= 11 is 0. The number of rotatable bonds is 1. The second kappa shape index (κ2) is 29.8. The van der Waals surface area contributed by atoms with Gasteiger partial charge in [-0.1, -0.05) is 6.42 Å². The zero-order valence-corrected chi connectivity index (χ0v) is 9.05. The molecule has 3 nitrogen and oxygen atoms in total. The summed E-state index contributed by atoms with van der Waals surface area (Å²) in [6.45, 7) is 9.59. The van der Waals surface area contributed by atoms with Gasteiger partial charge in [-0.15, -0.1) is 6.08 Å². The molecule has 0 spiro atoms. The summed E-state index contributed by atoms with van der Waals surface area (Å²) in [4.78, 5) is 24.0. The van der Waals surface area contributed by atoms with E-state index in [1.165, 1.54) is 0 Å². The van der Waals surface area contributed by atoms with Crippen LogP contribution in [0.25, 0.3) is 0 Å². The molecule has 0 saturated heterocycles. The van der Waals surface area contributed by atoms with Crippen LogP contribution in [0.4, 0.5) is 0 Å². The van der Waals surface area contributed by atoms with E-state index in [1.54, 1.807) is 0 Å².